The number of hydrazone groups is 1. The van der Waals surface area contributed by atoms with E-state index in [2.05, 4.69) is 10.5 Å². The lowest BCUT2D eigenvalue weighted by atomic mass is 10.2. The Morgan fingerprint density at radius 2 is 1.62 bits per heavy atom. The molecule has 0 radical (unpaired) electrons. The van der Waals surface area contributed by atoms with Crippen LogP contribution in [-0.4, -0.2) is 12.1 Å². The summed E-state index contributed by atoms with van der Waals surface area (Å²) in [7, 11) is 0. The van der Waals surface area contributed by atoms with Crippen LogP contribution in [0.4, 0.5) is 0 Å². The molecule has 3 aromatic carbocycles. The van der Waals surface area contributed by atoms with Crippen molar-refractivity contribution < 1.29 is 9.53 Å². The van der Waals surface area contributed by atoms with E-state index in [-0.39, 0.29) is 5.91 Å². The van der Waals surface area contributed by atoms with Gasteiger partial charge in [-0.05, 0) is 53.6 Å². The third kappa shape index (κ3) is 6.12. The van der Waals surface area contributed by atoms with Crippen molar-refractivity contribution in [1.29, 1.82) is 0 Å². The van der Waals surface area contributed by atoms with E-state index in [1.54, 1.807) is 48.5 Å². The Kier molecular flexibility index (Phi) is 7.40. The first-order chi connectivity index (χ1) is 13.9. The average Bonchev–Trinajstić information content (AvgIpc) is 2.68. The topological polar surface area (TPSA) is 50.7 Å². The zero-order valence-electron chi connectivity index (χ0n) is 14.8. The van der Waals surface area contributed by atoms with Crippen LogP contribution in [0.25, 0.3) is 0 Å². The summed E-state index contributed by atoms with van der Waals surface area (Å²) in [6.07, 6.45) is 1.43. The molecule has 0 aliphatic rings. The van der Waals surface area contributed by atoms with Crippen molar-refractivity contribution in [2.75, 3.05) is 0 Å². The predicted molar refractivity (Wildman–Crippen MR) is 119 cm³/mol. The van der Waals surface area contributed by atoms with Gasteiger partial charge in [-0.15, -0.1) is 0 Å². The van der Waals surface area contributed by atoms with Crippen molar-refractivity contribution >= 4 is 58.5 Å². The second-order valence-electron chi connectivity index (χ2n) is 5.94. The molecule has 0 unspecified atom stereocenters. The Bertz CT molecular complexity index is 1030. The molecule has 0 heterocycles. The van der Waals surface area contributed by atoms with Gasteiger partial charge in [-0.3, -0.25) is 4.79 Å². The Balaban J connectivity index is 1.64. The van der Waals surface area contributed by atoms with Gasteiger partial charge in [0.05, 0.1) is 16.3 Å². The van der Waals surface area contributed by atoms with Crippen LogP contribution in [0.3, 0.4) is 0 Å². The fourth-order valence-electron chi connectivity index (χ4n) is 2.39. The molecule has 3 rings (SSSR count). The third-order valence-corrected chi connectivity index (χ3v) is 4.83. The molecule has 29 heavy (non-hydrogen) atoms. The highest BCUT2D eigenvalue weighted by atomic mass is 35.5. The standard InChI is InChI=1S/C21H14Cl4N2O2/c22-16-6-4-13(5-7-16)12-29-20-18(24)8-14(9-19(20)25)11-26-27-21(28)15-2-1-3-17(23)10-15/h1-11H,12H2,(H,27,28)/b26-11-. The molecule has 0 atom stereocenters. The minimum atomic E-state index is -0.385. The molecule has 0 saturated heterocycles. The van der Waals surface area contributed by atoms with Crippen LogP contribution < -0.4 is 10.2 Å². The number of ether oxygens (including phenoxy) is 1. The maximum atomic E-state index is 12.1. The van der Waals surface area contributed by atoms with Crippen LogP contribution in [0.5, 0.6) is 5.75 Å². The van der Waals surface area contributed by atoms with Crippen molar-refractivity contribution in [1.82, 2.24) is 5.43 Å². The molecule has 0 saturated carbocycles. The second-order valence-corrected chi connectivity index (χ2v) is 7.63. The molecular formula is C21H14Cl4N2O2. The summed E-state index contributed by atoms with van der Waals surface area (Å²) in [5.41, 5.74) is 4.35. The first-order valence-electron chi connectivity index (χ1n) is 8.37. The number of carbonyl (C=O) groups is 1. The van der Waals surface area contributed by atoms with Crippen molar-refractivity contribution in [2.24, 2.45) is 5.10 Å². The highest BCUT2D eigenvalue weighted by Gasteiger charge is 2.10. The summed E-state index contributed by atoms with van der Waals surface area (Å²) >= 11 is 24.3. The fourth-order valence-corrected chi connectivity index (χ4v) is 3.32. The molecule has 0 aliphatic heterocycles. The quantitative estimate of drug-likeness (QED) is 0.326. The van der Waals surface area contributed by atoms with Crippen molar-refractivity contribution in [2.45, 2.75) is 6.61 Å². The highest BCUT2D eigenvalue weighted by molar-refractivity contribution is 6.37. The lowest BCUT2D eigenvalue weighted by molar-refractivity contribution is 0.0955. The van der Waals surface area contributed by atoms with Gasteiger partial charge < -0.3 is 4.74 Å². The third-order valence-electron chi connectivity index (χ3n) is 3.78. The van der Waals surface area contributed by atoms with E-state index >= 15 is 0 Å². The number of rotatable bonds is 6. The van der Waals surface area contributed by atoms with Crippen LogP contribution in [0.2, 0.25) is 20.1 Å². The van der Waals surface area contributed by atoms with E-state index in [0.29, 0.717) is 43.6 Å². The van der Waals surface area contributed by atoms with Gasteiger partial charge in [0.25, 0.3) is 5.91 Å². The molecule has 1 amide bonds. The average molecular weight is 468 g/mol. The maximum absolute atomic E-state index is 12.1. The molecule has 8 heteroatoms. The molecule has 0 bridgehead atoms. The van der Waals surface area contributed by atoms with Gasteiger partial charge >= 0.3 is 0 Å². The Labute approximate surface area is 188 Å². The van der Waals surface area contributed by atoms with Crippen LogP contribution >= 0.6 is 46.4 Å². The van der Waals surface area contributed by atoms with Crippen molar-refractivity contribution in [3.8, 4) is 5.75 Å². The van der Waals surface area contributed by atoms with Crippen LogP contribution in [0, 0.1) is 0 Å². The number of nitrogens with one attached hydrogen (secondary N) is 1. The number of hydrogen-bond donors (Lipinski definition) is 1. The molecule has 4 nitrogen and oxygen atoms in total. The zero-order chi connectivity index (χ0) is 20.8. The number of halogens is 4. The lowest BCUT2D eigenvalue weighted by Gasteiger charge is -2.11. The van der Waals surface area contributed by atoms with Gasteiger partial charge in [0.15, 0.2) is 5.75 Å². The van der Waals surface area contributed by atoms with Crippen molar-refractivity contribution in [3.63, 3.8) is 0 Å². The van der Waals surface area contributed by atoms with E-state index in [1.807, 2.05) is 12.1 Å². The molecule has 0 aromatic heterocycles. The maximum Gasteiger partial charge on any atom is 0.271 e. The molecule has 1 N–H and O–H groups in total. The number of amides is 1. The van der Waals surface area contributed by atoms with Gasteiger partial charge in [0, 0.05) is 15.6 Å². The summed E-state index contributed by atoms with van der Waals surface area (Å²) < 4.78 is 5.73. The molecule has 3 aromatic rings. The number of benzene rings is 3. The Morgan fingerprint density at radius 1 is 0.931 bits per heavy atom. The van der Waals surface area contributed by atoms with Gasteiger partial charge in [-0.1, -0.05) is 64.6 Å². The van der Waals surface area contributed by atoms with Gasteiger partial charge in [0.2, 0.25) is 0 Å². The predicted octanol–water partition coefficient (Wildman–Crippen LogP) is 6.64. The van der Waals surface area contributed by atoms with E-state index in [9.17, 15) is 4.79 Å². The largest absolute Gasteiger partial charge is 0.486 e. The normalized spacial score (nSPS) is 10.9. The SMILES string of the molecule is O=C(N/N=C\c1cc(Cl)c(OCc2ccc(Cl)cc2)c(Cl)c1)c1cccc(Cl)c1. The number of carbonyl (C=O) groups excluding carboxylic acids is 1. The summed E-state index contributed by atoms with van der Waals surface area (Å²) in [5.74, 6) is -0.0211. The smallest absolute Gasteiger partial charge is 0.271 e. The summed E-state index contributed by atoms with van der Waals surface area (Å²) in [4.78, 5) is 12.1. The van der Waals surface area contributed by atoms with E-state index in [4.69, 9.17) is 51.1 Å². The van der Waals surface area contributed by atoms with Gasteiger partial charge in [-0.2, -0.15) is 5.10 Å². The molecular weight excluding hydrogens is 454 g/mol. The fraction of sp³-hybridized carbons (Fsp3) is 0.0476. The Morgan fingerprint density at radius 3 is 2.28 bits per heavy atom. The van der Waals surface area contributed by atoms with Crippen LogP contribution in [0.15, 0.2) is 65.8 Å². The molecule has 0 spiro atoms. The lowest BCUT2D eigenvalue weighted by Crippen LogP contribution is -2.17. The number of hydrogen-bond acceptors (Lipinski definition) is 3. The highest BCUT2D eigenvalue weighted by Crippen LogP contribution is 2.34. The van der Waals surface area contributed by atoms with Gasteiger partial charge in [0.1, 0.15) is 6.61 Å². The van der Waals surface area contributed by atoms with E-state index in [1.165, 1.54) is 6.21 Å². The minimum Gasteiger partial charge on any atom is -0.486 e. The molecule has 0 aliphatic carbocycles. The number of nitrogens with zero attached hydrogens (tertiary/aromatic N) is 1. The minimum absolute atomic E-state index is 0.291. The van der Waals surface area contributed by atoms with E-state index in [0.717, 1.165) is 5.56 Å². The Hall–Kier alpha value is -2.24. The summed E-state index contributed by atoms with van der Waals surface area (Å²) in [6, 6.07) is 17.1. The first kappa shape index (κ1) is 21.5. The molecule has 0 fully saturated rings. The monoisotopic (exact) mass is 466 g/mol. The summed E-state index contributed by atoms with van der Waals surface area (Å²) in [6.45, 7) is 0.291. The summed E-state index contributed by atoms with van der Waals surface area (Å²) in [5, 5.41) is 5.69. The van der Waals surface area contributed by atoms with Crippen molar-refractivity contribution in [3.05, 3.63) is 97.4 Å². The van der Waals surface area contributed by atoms with Crippen LogP contribution in [0.1, 0.15) is 21.5 Å². The first-order valence-corrected chi connectivity index (χ1v) is 9.89. The van der Waals surface area contributed by atoms with Gasteiger partial charge in [-0.25, -0.2) is 5.43 Å². The van der Waals surface area contributed by atoms with Crippen LogP contribution in [-0.2, 0) is 6.61 Å². The van der Waals surface area contributed by atoms with E-state index < -0.39 is 0 Å². The zero-order valence-corrected chi connectivity index (χ0v) is 17.9. The second kappa shape index (κ2) is 9.99. The molecule has 148 valence electrons.